The van der Waals surface area contributed by atoms with Crippen LogP contribution in [0.1, 0.15) is 16.8 Å². The van der Waals surface area contributed by atoms with Gasteiger partial charge in [0.05, 0.1) is 22.4 Å². The fraction of sp³-hybridized carbons (Fsp3) is 0.292. The van der Waals surface area contributed by atoms with Crippen LogP contribution in [0.2, 0.25) is 0 Å². The summed E-state index contributed by atoms with van der Waals surface area (Å²) in [6.07, 6.45) is 5.40. The van der Waals surface area contributed by atoms with E-state index >= 15 is 0 Å². The predicted octanol–water partition coefficient (Wildman–Crippen LogP) is 3.40. The fourth-order valence-corrected chi connectivity index (χ4v) is 5.84. The van der Waals surface area contributed by atoms with Crippen LogP contribution < -0.4 is 10.2 Å². The number of hydrogen-bond donors (Lipinski definition) is 1. The summed E-state index contributed by atoms with van der Waals surface area (Å²) in [6, 6.07) is 11.9. The zero-order valence-electron chi connectivity index (χ0n) is 16.9. The number of hydrogen-bond acceptors (Lipinski definition) is 5. The van der Waals surface area contributed by atoms with Gasteiger partial charge >= 0.3 is 0 Å². The molecule has 4 aliphatic carbocycles. The van der Waals surface area contributed by atoms with E-state index in [1.165, 1.54) is 29.2 Å². The van der Waals surface area contributed by atoms with Crippen molar-refractivity contribution in [1.29, 1.82) is 0 Å². The summed E-state index contributed by atoms with van der Waals surface area (Å²) in [4.78, 5) is 50.4. The molecule has 1 N–H and O–H groups in total. The van der Waals surface area contributed by atoms with E-state index in [1.54, 1.807) is 24.3 Å². The lowest BCUT2D eigenvalue weighted by molar-refractivity contribution is -0.384. The molecule has 0 aromatic heterocycles. The molecule has 3 fully saturated rings. The number of rotatable bonds is 4. The number of carbonyl (C=O) groups is 3. The van der Waals surface area contributed by atoms with Gasteiger partial charge in [-0.15, -0.1) is 0 Å². The van der Waals surface area contributed by atoms with Crippen molar-refractivity contribution in [2.45, 2.75) is 6.42 Å². The van der Waals surface area contributed by atoms with Gasteiger partial charge in [-0.05, 0) is 66.5 Å². The summed E-state index contributed by atoms with van der Waals surface area (Å²) in [5.41, 5.74) is 1.20. The van der Waals surface area contributed by atoms with E-state index in [4.69, 9.17) is 0 Å². The van der Waals surface area contributed by atoms with Crippen molar-refractivity contribution in [2.24, 2.45) is 35.5 Å². The fourth-order valence-electron chi connectivity index (χ4n) is 5.84. The van der Waals surface area contributed by atoms with Gasteiger partial charge < -0.3 is 5.32 Å². The summed E-state index contributed by atoms with van der Waals surface area (Å²) in [7, 11) is 0. The molecule has 1 aliphatic heterocycles. The van der Waals surface area contributed by atoms with Crippen LogP contribution in [0, 0.1) is 45.6 Å². The third-order valence-corrected chi connectivity index (χ3v) is 7.39. The van der Waals surface area contributed by atoms with Crippen LogP contribution in [-0.4, -0.2) is 22.6 Å². The molecule has 2 aromatic rings. The Bertz CT molecular complexity index is 1170. The SMILES string of the molecule is O=C(Nc1ccc([N+](=O)[O-])cc1)c1ccc(N2C(=O)[C@H]3[C@@H]4C=C[C@H]([C@H]5C[C@H]45)[C@@H]3C2=O)cc1. The van der Waals surface area contributed by atoms with Crippen molar-refractivity contribution >= 4 is 34.8 Å². The Hall–Kier alpha value is -3.81. The number of nitrogens with zero attached hydrogens (tertiary/aromatic N) is 2. The molecule has 7 rings (SSSR count). The Morgan fingerprint density at radius 3 is 2.00 bits per heavy atom. The third-order valence-electron chi connectivity index (χ3n) is 7.39. The van der Waals surface area contributed by atoms with Gasteiger partial charge in [-0.3, -0.25) is 29.4 Å². The highest BCUT2D eigenvalue weighted by Crippen LogP contribution is 2.65. The number of allylic oxidation sites excluding steroid dienone is 2. The lowest BCUT2D eigenvalue weighted by atomic mass is 9.63. The van der Waals surface area contributed by atoms with Crippen LogP contribution >= 0.6 is 0 Å². The Morgan fingerprint density at radius 1 is 0.906 bits per heavy atom. The van der Waals surface area contributed by atoms with Crippen molar-refractivity contribution in [3.05, 3.63) is 76.4 Å². The third kappa shape index (κ3) is 2.65. The van der Waals surface area contributed by atoms with E-state index in [-0.39, 0.29) is 47.1 Å². The number of nitro benzene ring substituents is 1. The Morgan fingerprint density at radius 2 is 1.47 bits per heavy atom. The maximum atomic E-state index is 13.2. The highest BCUT2D eigenvalue weighted by Gasteiger charge is 2.67. The van der Waals surface area contributed by atoms with E-state index in [9.17, 15) is 24.5 Å². The lowest BCUT2D eigenvalue weighted by Crippen LogP contribution is -2.40. The van der Waals surface area contributed by atoms with E-state index in [0.29, 0.717) is 28.8 Å². The van der Waals surface area contributed by atoms with Gasteiger partial charge in [0, 0.05) is 23.4 Å². The molecule has 8 nitrogen and oxygen atoms in total. The number of nitro groups is 1. The second-order valence-electron chi connectivity index (χ2n) is 8.97. The van der Waals surface area contributed by atoms with Crippen LogP contribution in [-0.2, 0) is 9.59 Å². The largest absolute Gasteiger partial charge is 0.322 e. The van der Waals surface area contributed by atoms with Gasteiger partial charge in [0.1, 0.15) is 0 Å². The van der Waals surface area contributed by atoms with E-state index in [2.05, 4.69) is 17.5 Å². The lowest BCUT2D eigenvalue weighted by Gasteiger charge is -2.37. The molecule has 5 aliphatic rings. The number of benzene rings is 2. The minimum Gasteiger partial charge on any atom is -0.322 e. The van der Waals surface area contributed by atoms with Crippen LogP contribution in [0.5, 0.6) is 0 Å². The van der Waals surface area contributed by atoms with Gasteiger partial charge in [0.2, 0.25) is 11.8 Å². The highest BCUT2D eigenvalue weighted by atomic mass is 16.6. The molecular formula is C24H19N3O5. The van der Waals surface area contributed by atoms with Gasteiger partial charge in [-0.25, -0.2) is 0 Å². The van der Waals surface area contributed by atoms with Crippen molar-refractivity contribution < 1.29 is 19.3 Å². The molecule has 160 valence electrons. The Labute approximate surface area is 183 Å². The van der Waals surface area contributed by atoms with Crippen molar-refractivity contribution in [2.75, 3.05) is 10.2 Å². The monoisotopic (exact) mass is 429 g/mol. The molecule has 0 radical (unpaired) electrons. The molecule has 8 heteroatoms. The minimum absolute atomic E-state index is 0.0613. The minimum atomic E-state index is -0.508. The number of amides is 3. The first-order valence-corrected chi connectivity index (χ1v) is 10.7. The maximum Gasteiger partial charge on any atom is 0.269 e. The number of anilines is 2. The first kappa shape index (κ1) is 18.9. The first-order valence-electron chi connectivity index (χ1n) is 10.7. The zero-order valence-corrected chi connectivity index (χ0v) is 16.9. The molecule has 0 spiro atoms. The summed E-state index contributed by atoms with van der Waals surface area (Å²) < 4.78 is 0. The van der Waals surface area contributed by atoms with Gasteiger partial charge in [0.25, 0.3) is 11.6 Å². The van der Waals surface area contributed by atoms with Crippen LogP contribution in [0.3, 0.4) is 0 Å². The maximum absolute atomic E-state index is 13.2. The normalized spacial score (nSPS) is 31.3. The summed E-state index contributed by atoms with van der Waals surface area (Å²) >= 11 is 0. The molecule has 32 heavy (non-hydrogen) atoms. The van der Waals surface area contributed by atoms with Crippen molar-refractivity contribution in [3.8, 4) is 0 Å². The molecule has 0 unspecified atom stereocenters. The van der Waals surface area contributed by atoms with E-state index in [1.807, 2.05) is 0 Å². The second-order valence-corrected chi connectivity index (χ2v) is 8.97. The Balaban J connectivity index is 1.19. The standard InChI is InChI=1S/C24H19N3O5/c28-22(25-13-3-7-15(8-4-13)27(31)32)12-1-5-14(6-2-12)26-23(29)20-16-9-10-17(19-11-18(16)19)21(20)24(26)30/h1-10,16-21H,11H2,(H,25,28)/t16-,17-,18-,19-,20+,21+/m1/s1. The average Bonchev–Trinajstić information content (AvgIpc) is 3.58. The van der Waals surface area contributed by atoms with Gasteiger partial charge in [0.15, 0.2) is 0 Å². The zero-order chi connectivity index (χ0) is 22.1. The number of carbonyl (C=O) groups excluding carboxylic acids is 3. The summed E-state index contributed by atoms with van der Waals surface area (Å²) in [5.74, 6) is 0.270. The summed E-state index contributed by atoms with van der Waals surface area (Å²) in [5, 5.41) is 13.4. The van der Waals surface area contributed by atoms with Gasteiger partial charge in [-0.1, -0.05) is 12.2 Å². The quantitative estimate of drug-likeness (QED) is 0.347. The summed E-state index contributed by atoms with van der Waals surface area (Å²) in [6.45, 7) is 0. The van der Waals surface area contributed by atoms with Crippen LogP contribution in [0.25, 0.3) is 0 Å². The smallest absolute Gasteiger partial charge is 0.269 e. The van der Waals surface area contributed by atoms with E-state index < -0.39 is 4.92 Å². The molecule has 3 amide bonds. The molecule has 2 aromatic carbocycles. The molecule has 1 heterocycles. The molecule has 1 saturated heterocycles. The van der Waals surface area contributed by atoms with E-state index in [0.717, 1.165) is 6.42 Å². The highest BCUT2D eigenvalue weighted by molar-refractivity contribution is 6.22. The second kappa shape index (κ2) is 6.59. The number of nitrogens with one attached hydrogen (secondary N) is 1. The Kier molecular flexibility index (Phi) is 3.90. The molecular weight excluding hydrogens is 410 g/mol. The van der Waals surface area contributed by atoms with Gasteiger partial charge in [-0.2, -0.15) is 0 Å². The predicted molar refractivity (Wildman–Crippen MR) is 115 cm³/mol. The van der Waals surface area contributed by atoms with Crippen LogP contribution in [0.15, 0.2) is 60.7 Å². The first-order chi connectivity index (χ1) is 15.4. The van der Waals surface area contributed by atoms with Crippen molar-refractivity contribution in [1.82, 2.24) is 0 Å². The van der Waals surface area contributed by atoms with Crippen LogP contribution in [0.4, 0.5) is 17.1 Å². The molecule has 6 atom stereocenters. The average molecular weight is 429 g/mol. The molecule has 2 bridgehead atoms. The molecule has 2 saturated carbocycles. The number of non-ortho nitro benzene ring substituents is 1. The van der Waals surface area contributed by atoms with Crippen molar-refractivity contribution in [3.63, 3.8) is 0 Å². The number of imide groups is 1. The topological polar surface area (TPSA) is 110 Å².